The van der Waals surface area contributed by atoms with Crippen molar-refractivity contribution >= 4 is 0 Å². The number of hydrogen-bond acceptors (Lipinski definition) is 5. The predicted octanol–water partition coefficient (Wildman–Crippen LogP) is -0.0771. The van der Waals surface area contributed by atoms with Crippen molar-refractivity contribution in [2.24, 2.45) is 5.92 Å². The largest absolute Gasteiger partial charge is 0.508 e. The quantitative estimate of drug-likeness (QED) is 0.528. The van der Waals surface area contributed by atoms with Crippen LogP contribution in [-0.4, -0.2) is 57.5 Å². The molecule has 0 saturated carbocycles. The second-order valence-corrected chi connectivity index (χ2v) is 5.64. The maximum absolute atomic E-state index is 9.36. The molecule has 118 valence electrons. The Morgan fingerprint density at radius 2 is 1.24 bits per heavy atom. The van der Waals surface area contributed by atoms with Gasteiger partial charge in [-0.2, -0.15) is 0 Å². The van der Waals surface area contributed by atoms with Gasteiger partial charge >= 0.3 is 0 Å². The first kappa shape index (κ1) is 16.2. The Labute approximate surface area is 127 Å². The van der Waals surface area contributed by atoms with Gasteiger partial charge in [-0.05, 0) is 43.1 Å². The van der Waals surface area contributed by atoms with Crippen LogP contribution in [0.2, 0.25) is 0 Å². The molecule has 0 bridgehead atoms. The van der Waals surface area contributed by atoms with Gasteiger partial charge in [0, 0.05) is 39.3 Å². The van der Waals surface area contributed by atoms with E-state index in [0.29, 0.717) is 11.7 Å². The van der Waals surface area contributed by atoms with Crippen LogP contribution in [0.1, 0.15) is 5.56 Å². The average Bonchev–Trinajstić information content (AvgIpc) is 2.52. The Bertz CT molecular complexity index is 368. The van der Waals surface area contributed by atoms with Gasteiger partial charge in [0.2, 0.25) is 0 Å². The molecule has 0 amide bonds. The standard InChI is InChI=1S/C16H28N4O/c21-16-3-1-14(2-4-16)11-15-12-19-9-7-17-5-6-18-8-10-20-13-15/h1-4,15,17-21H,5-13H2. The van der Waals surface area contributed by atoms with Gasteiger partial charge in [-0.1, -0.05) is 12.1 Å². The summed E-state index contributed by atoms with van der Waals surface area (Å²) in [4.78, 5) is 0. The molecule has 0 radical (unpaired) electrons. The number of aromatic hydroxyl groups is 1. The summed E-state index contributed by atoms with van der Waals surface area (Å²) >= 11 is 0. The molecule has 1 fully saturated rings. The highest BCUT2D eigenvalue weighted by Gasteiger charge is 2.09. The monoisotopic (exact) mass is 292 g/mol. The van der Waals surface area contributed by atoms with Crippen molar-refractivity contribution < 1.29 is 5.11 Å². The van der Waals surface area contributed by atoms with Gasteiger partial charge < -0.3 is 26.4 Å². The molecule has 0 unspecified atom stereocenters. The van der Waals surface area contributed by atoms with Crippen molar-refractivity contribution in [3.05, 3.63) is 29.8 Å². The highest BCUT2D eigenvalue weighted by molar-refractivity contribution is 5.26. The van der Waals surface area contributed by atoms with Gasteiger partial charge in [0.25, 0.3) is 0 Å². The van der Waals surface area contributed by atoms with Gasteiger partial charge in [-0.3, -0.25) is 0 Å². The fraction of sp³-hybridized carbons (Fsp3) is 0.625. The Kier molecular flexibility index (Phi) is 7.53. The smallest absolute Gasteiger partial charge is 0.115 e. The van der Waals surface area contributed by atoms with Gasteiger partial charge in [0.1, 0.15) is 5.75 Å². The summed E-state index contributed by atoms with van der Waals surface area (Å²) in [5, 5.41) is 23.3. The second kappa shape index (κ2) is 9.73. The minimum absolute atomic E-state index is 0.335. The van der Waals surface area contributed by atoms with E-state index in [1.54, 1.807) is 12.1 Å². The molecule has 0 spiro atoms. The lowest BCUT2D eigenvalue weighted by atomic mass is 9.99. The van der Waals surface area contributed by atoms with Crippen molar-refractivity contribution in [3.8, 4) is 5.75 Å². The lowest BCUT2D eigenvalue weighted by Gasteiger charge is -2.18. The Balaban J connectivity index is 1.82. The maximum Gasteiger partial charge on any atom is 0.115 e. The number of nitrogens with one attached hydrogen (secondary N) is 4. The van der Waals surface area contributed by atoms with Crippen molar-refractivity contribution in [2.75, 3.05) is 52.4 Å². The molecule has 1 aromatic rings. The first-order chi connectivity index (χ1) is 10.3. The Morgan fingerprint density at radius 1 is 0.762 bits per heavy atom. The summed E-state index contributed by atoms with van der Waals surface area (Å²) < 4.78 is 0. The number of rotatable bonds is 2. The van der Waals surface area contributed by atoms with Gasteiger partial charge in [0.15, 0.2) is 0 Å². The molecule has 1 aliphatic heterocycles. The van der Waals surface area contributed by atoms with Crippen LogP contribution in [0.4, 0.5) is 0 Å². The molecule has 1 heterocycles. The molecule has 0 aliphatic carbocycles. The molecule has 1 saturated heterocycles. The van der Waals surface area contributed by atoms with E-state index in [4.69, 9.17) is 0 Å². The fourth-order valence-electron chi connectivity index (χ4n) is 2.57. The lowest BCUT2D eigenvalue weighted by molar-refractivity contribution is 0.440. The summed E-state index contributed by atoms with van der Waals surface area (Å²) in [5.41, 5.74) is 1.28. The van der Waals surface area contributed by atoms with E-state index in [1.165, 1.54) is 5.56 Å². The minimum Gasteiger partial charge on any atom is -0.508 e. The molecular formula is C16H28N4O. The van der Waals surface area contributed by atoms with Gasteiger partial charge in [-0.15, -0.1) is 0 Å². The van der Waals surface area contributed by atoms with Crippen LogP contribution in [-0.2, 0) is 6.42 Å². The van der Waals surface area contributed by atoms with Crippen LogP contribution in [0, 0.1) is 5.92 Å². The van der Waals surface area contributed by atoms with Crippen LogP contribution in [0.3, 0.4) is 0 Å². The molecule has 1 aliphatic rings. The summed E-state index contributed by atoms with van der Waals surface area (Å²) in [6, 6.07) is 7.56. The molecular weight excluding hydrogens is 264 g/mol. The van der Waals surface area contributed by atoms with Crippen molar-refractivity contribution in [2.45, 2.75) is 6.42 Å². The minimum atomic E-state index is 0.335. The SMILES string of the molecule is Oc1ccc(CC2CNCCNCCNCCNC2)cc1. The van der Waals surface area contributed by atoms with Crippen LogP contribution >= 0.6 is 0 Å². The zero-order valence-corrected chi connectivity index (χ0v) is 12.7. The van der Waals surface area contributed by atoms with Crippen LogP contribution in [0.15, 0.2) is 24.3 Å². The molecule has 1 aromatic carbocycles. The molecule has 5 heteroatoms. The van der Waals surface area contributed by atoms with Crippen LogP contribution in [0.25, 0.3) is 0 Å². The van der Waals surface area contributed by atoms with Crippen molar-refractivity contribution in [3.63, 3.8) is 0 Å². The Morgan fingerprint density at radius 3 is 1.76 bits per heavy atom. The molecule has 0 atom stereocenters. The summed E-state index contributed by atoms with van der Waals surface area (Å²) in [7, 11) is 0. The third-order valence-electron chi connectivity index (χ3n) is 3.76. The molecule has 5 nitrogen and oxygen atoms in total. The van der Waals surface area contributed by atoms with Crippen LogP contribution < -0.4 is 21.3 Å². The zero-order chi connectivity index (χ0) is 14.8. The van der Waals surface area contributed by atoms with E-state index in [0.717, 1.165) is 58.8 Å². The Hall–Kier alpha value is -1.14. The molecule has 5 N–H and O–H groups in total. The average molecular weight is 292 g/mol. The molecule has 0 aromatic heterocycles. The number of hydrogen-bond donors (Lipinski definition) is 5. The third kappa shape index (κ3) is 6.91. The van der Waals surface area contributed by atoms with E-state index in [9.17, 15) is 5.11 Å². The first-order valence-electron chi connectivity index (χ1n) is 7.95. The fourth-order valence-corrected chi connectivity index (χ4v) is 2.57. The van der Waals surface area contributed by atoms with E-state index in [2.05, 4.69) is 21.3 Å². The van der Waals surface area contributed by atoms with E-state index in [-0.39, 0.29) is 0 Å². The number of phenolic OH excluding ortho intramolecular Hbond substituents is 1. The summed E-state index contributed by atoms with van der Waals surface area (Å²) in [5.74, 6) is 0.900. The third-order valence-corrected chi connectivity index (χ3v) is 3.76. The maximum atomic E-state index is 9.36. The van der Waals surface area contributed by atoms with E-state index < -0.39 is 0 Å². The summed E-state index contributed by atoms with van der Waals surface area (Å²) in [6.07, 6.45) is 1.03. The zero-order valence-electron chi connectivity index (χ0n) is 12.7. The van der Waals surface area contributed by atoms with Gasteiger partial charge in [0.05, 0.1) is 0 Å². The van der Waals surface area contributed by atoms with Crippen LogP contribution in [0.5, 0.6) is 5.75 Å². The van der Waals surface area contributed by atoms with Crippen molar-refractivity contribution in [1.82, 2.24) is 21.3 Å². The number of phenols is 1. The number of benzene rings is 1. The van der Waals surface area contributed by atoms with E-state index in [1.807, 2.05) is 12.1 Å². The van der Waals surface area contributed by atoms with E-state index >= 15 is 0 Å². The summed E-state index contributed by atoms with van der Waals surface area (Å²) in [6.45, 7) is 8.13. The second-order valence-electron chi connectivity index (χ2n) is 5.64. The van der Waals surface area contributed by atoms with Gasteiger partial charge in [-0.25, -0.2) is 0 Å². The highest BCUT2D eigenvalue weighted by Crippen LogP contribution is 2.13. The normalized spacial score (nSPS) is 20.2. The molecule has 2 rings (SSSR count). The topological polar surface area (TPSA) is 68.3 Å². The molecule has 21 heavy (non-hydrogen) atoms. The first-order valence-corrected chi connectivity index (χ1v) is 7.95. The van der Waals surface area contributed by atoms with Crippen molar-refractivity contribution in [1.29, 1.82) is 0 Å². The highest BCUT2D eigenvalue weighted by atomic mass is 16.3. The lowest BCUT2D eigenvalue weighted by Crippen LogP contribution is -2.36. The predicted molar refractivity (Wildman–Crippen MR) is 86.8 cm³/mol.